The zero-order valence-corrected chi connectivity index (χ0v) is 12.9. The van der Waals surface area contributed by atoms with Crippen LogP contribution in [0.25, 0.3) is 10.7 Å². The second-order valence-electron chi connectivity index (χ2n) is 4.11. The van der Waals surface area contributed by atoms with Crippen molar-refractivity contribution < 1.29 is 0 Å². The number of hydrogen-bond donors (Lipinski definition) is 0. The molecule has 0 fully saturated rings. The van der Waals surface area contributed by atoms with Crippen LogP contribution in [0, 0.1) is 6.92 Å². The molecule has 0 spiro atoms. The van der Waals surface area contributed by atoms with E-state index < -0.39 is 0 Å². The second kappa shape index (κ2) is 5.04. The molecule has 0 bridgehead atoms. The SMILES string of the molecule is Cc1sc(-c2nc(Cl)cc(C(C)C)n2)cc1Br. The summed E-state index contributed by atoms with van der Waals surface area (Å²) < 4.78 is 1.09. The Morgan fingerprint density at radius 1 is 1.29 bits per heavy atom. The molecule has 0 aromatic carbocycles. The van der Waals surface area contributed by atoms with Gasteiger partial charge >= 0.3 is 0 Å². The number of thiophene rings is 1. The molecule has 0 atom stereocenters. The Hall–Kier alpha value is -0.450. The van der Waals surface area contributed by atoms with E-state index in [-0.39, 0.29) is 0 Å². The van der Waals surface area contributed by atoms with Crippen LogP contribution in [0.2, 0.25) is 5.15 Å². The van der Waals surface area contributed by atoms with Crippen LogP contribution in [0.5, 0.6) is 0 Å². The van der Waals surface area contributed by atoms with Crippen LogP contribution >= 0.6 is 38.9 Å². The van der Waals surface area contributed by atoms with Crippen molar-refractivity contribution in [2.24, 2.45) is 0 Å². The number of hydrogen-bond acceptors (Lipinski definition) is 3. The molecule has 90 valence electrons. The molecule has 2 rings (SSSR count). The highest BCUT2D eigenvalue weighted by molar-refractivity contribution is 9.10. The van der Waals surface area contributed by atoms with Gasteiger partial charge in [-0.1, -0.05) is 25.4 Å². The summed E-state index contributed by atoms with van der Waals surface area (Å²) in [7, 11) is 0. The van der Waals surface area contributed by atoms with Crippen LogP contribution in [0.4, 0.5) is 0 Å². The van der Waals surface area contributed by atoms with E-state index in [1.807, 2.05) is 12.1 Å². The van der Waals surface area contributed by atoms with Crippen molar-refractivity contribution in [1.82, 2.24) is 9.97 Å². The standard InChI is InChI=1S/C12H12BrClN2S/c1-6(2)9-5-11(14)16-12(15-9)10-4-8(13)7(3)17-10/h4-6H,1-3H3. The molecule has 0 unspecified atom stereocenters. The third-order valence-electron chi connectivity index (χ3n) is 2.38. The van der Waals surface area contributed by atoms with Crippen molar-refractivity contribution in [3.63, 3.8) is 0 Å². The molecule has 17 heavy (non-hydrogen) atoms. The quantitative estimate of drug-likeness (QED) is 0.719. The van der Waals surface area contributed by atoms with Gasteiger partial charge in [-0.05, 0) is 40.9 Å². The van der Waals surface area contributed by atoms with Gasteiger partial charge in [0, 0.05) is 15.0 Å². The predicted octanol–water partition coefficient (Wildman–Crippen LogP) is 5.05. The largest absolute Gasteiger partial charge is 0.232 e. The lowest BCUT2D eigenvalue weighted by atomic mass is 10.1. The van der Waals surface area contributed by atoms with Gasteiger partial charge in [-0.3, -0.25) is 0 Å². The Labute approximate surface area is 118 Å². The fourth-order valence-corrected chi connectivity index (χ4v) is 3.07. The average Bonchev–Trinajstić information content (AvgIpc) is 2.58. The first-order valence-electron chi connectivity index (χ1n) is 5.28. The Morgan fingerprint density at radius 3 is 2.53 bits per heavy atom. The van der Waals surface area contributed by atoms with Crippen molar-refractivity contribution in [2.45, 2.75) is 26.7 Å². The van der Waals surface area contributed by atoms with Crippen LogP contribution in [-0.2, 0) is 0 Å². The minimum absolute atomic E-state index is 0.346. The minimum Gasteiger partial charge on any atom is -0.232 e. The number of halogens is 2. The average molecular weight is 332 g/mol. The van der Waals surface area contributed by atoms with Crippen molar-refractivity contribution in [1.29, 1.82) is 0 Å². The lowest BCUT2D eigenvalue weighted by Gasteiger charge is -2.06. The van der Waals surface area contributed by atoms with Crippen molar-refractivity contribution >= 4 is 38.9 Å². The van der Waals surface area contributed by atoms with Gasteiger partial charge in [-0.2, -0.15) is 0 Å². The number of aryl methyl sites for hydroxylation is 1. The zero-order chi connectivity index (χ0) is 12.6. The molecular formula is C12H12BrClN2S. The predicted molar refractivity (Wildman–Crippen MR) is 76.9 cm³/mol. The maximum atomic E-state index is 6.03. The fraction of sp³-hybridized carbons (Fsp3) is 0.333. The van der Waals surface area contributed by atoms with Crippen LogP contribution in [0.15, 0.2) is 16.6 Å². The monoisotopic (exact) mass is 330 g/mol. The van der Waals surface area contributed by atoms with Gasteiger partial charge in [0.05, 0.1) is 4.88 Å². The van der Waals surface area contributed by atoms with Crippen molar-refractivity contribution in [2.75, 3.05) is 0 Å². The molecule has 0 aliphatic carbocycles. The topological polar surface area (TPSA) is 25.8 Å². The van der Waals surface area contributed by atoms with Gasteiger partial charge in [0.25, 0.3) is 0 Å². The first-order valence-corrected chi connectivity index (χ1v) is 7.27. The van der Waals surface area contributed by atoms with Crippen LogP contribution in [0.3, 0.4) is 0 Å². The van der Waals surface area contributed by atoms with Gasteiger partial charge in [0.2, 0.25) is 0 Å². The molecular weight excluding hydrogens is 320 g/mol. The Kier molecular flexibility index (Phi) is 3.85. The van der Waals surface area contributed by atoms with E-state index in [4.69, 9.17) is 11.6 Å². The van der Waals surface area contributed by atoms with Crippen molar-refractivity contribution in [3.05, 3.63) is 32.3 Å². The molecule has 0 saturated heterocycles. The normalized spacial score (nSPS) is 11.2. The van der Waals surface area contributed by atoms with E-state index in [2.05, 4.69) is 46.7 Å². The molecule has 0 radical (unpaired) electrons. The molecule has 2 nitrogen and oxygen atoms in total. The smallest absolute Gasteiger partial charge is 0.171 e. The van der Waals surface area contributed by atoms with E-state index in [1.54, 1.807) is 11.3 Å². The number of aromatic nitrogens is 2. The first kappa shape index (κ1) is 13.0. The molecule has 0 aliphatic heterocycles. The van der Waals surface area contributed by atoms with Crippen LogP contribution in [-0.4, -0.2) is 9.97 Å². The van der Waals surface area contributed by atoms with Crippen LogP contribution in [0.1, 0.15) is 30.3 Å². The molecule has 5 heteroatoms. The van der Waals surface area contributed by atoms with E-state index in [9.17, 15) is 0 Å². The summed E-state index contributed by atoms with van der Waals surface area (Å²) in [6.07, 6.45) is 0. The molecule has 0 saturated carbocycles. The maximum Gasteiger partial charge on any atom is 0.171 e. The summed E-state index contributed by atoms with van der Waals surface area (Å²) >= 11 is 11.2. The Bertz CT molecular complexity index is 532. The first-order chi connectivity index (χ1) is 7.97. The van der Waals surface area contributed by atoms with E-state index in [0.29, 0.717) is 16.9 Å². The summed E-state index contributed by atoms with van der Waals surface area (Å²) in [6, 6.07) is 3.86. The number of rotatable bonds is 2. The molecule has 0 N–H and O–H groups in total. The van der Waals surface area contributed by atoms with E-state index >= 15 is 0 Å². The molecule has 2 aromatic heterocycles. The van der Waals surface area contributed by atoms with Crippen LogP contribution < -0.4 is 0 Å². The maximum absolute atomic E-state index is 6.03. The summed E-state index contributed by atoms with van der Waals surface area (Å²) in [4.78, 5) is 11.1. The summed E-state index contributed by atoms with van der Waals surface area (Å²) in [5, 5.41) is 0.501. The third-order valence-corrected chi connectivity index (χ3v) is 4.71. The highest BCUT2D eigenvalue weighted by atomic mass is 79.9. The molecule has 0 amide bonds. The van der Waals surface area contributed by atoms with E-state index in [0.717, 1.165) is 15.0 Å². The second-order valence-corrected chi connectivity index (χ2v) is 6.61. The summed E-state index contributed by atoms with van der Waals surface area (Å²) in [6.45, 7) is 6.25. The molecule has 2 heterocycles. The minimum atomic E-state index is 0.346. The van der Waals surface area contributed by atoms with E-state index in [1.165, 1.54) is 4.88 Å². The number of nitrogens with zero attached hydrogens (tertiary/aromatic N) is 2. The summed E-state index contributed by atoms with van der Waals surface area (Å²) in [5.41, 5.74) is 0.974. The summed E-state index contributed by atoms with van der Waals surface area (Å²) in [5.74, 6) is 1.05. The lowest BCUT2D eigenvalue weighted by molar-refractivity contribution is 0.817. The molecule has 0 aliphatic rings. The highest BCUT2D eigenvalue weighted by Gasteiger charge is 2.11. The van der Waals surface area contributed by atoms with Gasteiger partial charge in [-0.15, -0.1) is 11.3 Å². The highest BCUT2D eigenvalue weighted by Crippen LogP contribution is 2.33. The fourth-order valence-electron chi connectivity index (χ4n) is 1.41. The Balaban J connectivity index is 2.51. The Morgan fingerprint density at radius 2 is 2.00 bits per heavy atom. The molecule has 2 aromatic rings. The van der Waals surface area contributed by atoms with Gasteiger partial charge < -0.3 is 0 Å². The zero-order valence-electron chi connectivity index (χ0n) is 9.79. The lowest BCUT2D eigenvalue weighted by Crippen LogP contribution is -1.97. The van der Waals surface area contributed by atoms with Gasteiger partial charge in [0.1, 0.15) is 5.15 Å². The van der Waals surface area contributed by atoms with Gasteiger partial charge in [0.15, 0.2) is 5.82 Å². The van der Waals surface area contributed by atoms with Crippen molar-refractivity contribution in [3.8, 4) is 10.7 Å². The van der Waals surface area contributed by atoms with Gasteiger partial charge in [-0.25, -0.2) is 9.97 Å². The third kappa shape index (κ3) is 2.87.